The van der Waals surface area contributed by atoms with Gasteiger partial charge in [0.1, 0.15) is 5.75 Å². The number of ether oxygens (including phenoxy) is 1. The van der Waals surface area contributed by atoms with Crippen LogP contribution in [0.3, 0.4) is 0 Å². The minimum atomic E-state index is -0.493. The summed E-state index contributed by atoms with van der Waals surface area (Å²) in [6.45, 7) is 0.301. The highest BCUT2D eigenvalue weighted by Crippen LogP contribution is 2.25. The van der Waals surface area contributed by atoms with Crippen LogP contribution in [0.4, 0.5) is 11.4 Å². The van der Waals surface area contributed by atoms with Crippen molar-refractivity contribution in [2.24, 2.45) is 0 Å². The molecule has 15 heavy (non-hydrogen) atoms. The third-order valence-corrected chi connectivity index (χ3v) is 1.78. The molecule has 0 aliphatic heterocycles. The molecule has 2 N–H and O–H groups in total. The molecule has 0 aromatic heterocycles. The van der Waals surface area contributed by atoms with Gasteiger partial charge in [-0.05, 0) is 0 Å². The number of non-ortho nitro benzene ring substituents is 1. The van der Waals surface area contributed by atoms with Gasteiger partial charge in [-0.15, -0.1) is 0 Å². The third-order valence-electron chi connectivity index (χ3n) is 1.78. The van der Waals surface area contributed by atoms with Crippen LogP contribution in [0, 0.1) is 10.1 Å². The number of aliphatic hydroxyl groups is 1. The SMILES string of the molecule is COc1cc(NCCO)cc([N+](=O)[O-])c1. The molecule has 0 heterocycles. The lowest BCUT2D eigenvalue weighted by Gasteiger charge is -2.06. The highest BCUT2D eigenvalue weighted by Gasteiger charge is 2.09. The van der Waals surface area contributed by atoms with Crippen LogP contribution in [-0.2, 0) is 0 Å². The predicted octanol–water partition coefficient (Wildman–Crippen LogP) is 1.01. The molecule has 0 atom stereocenters. The summed E-state index contributed by atoms with van der Waals surface area (Å²) in [4.78, 5) is 10.1. The fraction of sp³-hybridized carbons (Fsp3) is 0.333. The average molecular weight is 212 g/mol. The van der Waals surface area contributed by atoms with Crippen LogP contribution in [0.1, 0.15) is 0 Å². The van der Waals surface area contributed by atoms with Gasteiger partial charge in [0.2, 0.25) is 0 Å². The van der Waals surface area contributed by atoms with E-state index in [1.54, 1.807) is 6.07 Å². The number of rotatable bonds is 5. The number of aliphatic hydroxyl groups excluding tert-OH is 1. The molecule has 0 radical (unpaired) electrons. The number of methoxy groups -OCH3 is 1. The van der Waals surface area contributed by atoms with Gasteiger partial charge in [0, 0.05) is 24.4 Å². The first-order valence-electron chi connectivity index (χ1n) is 4.35. The van der Waals surface area contributed by atoms with E-state index in [4.69, 9.17) is 9.84 Å². The second-order valence-corrected chi connectivity index (χ2v) is 2.83. The van der Waals surface area contributed by atoms with Crippen molar-refractivity contribution in [3.8, 4) is 5.75 Å². The molecule has 82 valence electrons. The maximum Gasteiger partial charge on any atom is 0.275 e. The Bertz CT molecular complexity index is 354. The lowest BCUT2D eigenvalue weighted by molar-refractivity contribution is -0.384. The van der Waals surface area contributed by atoms with Gasteiger partial charge in [-0.2, -0.15) is 0 Å². The molecule has 0 saturated heterocycles. The van der Waals surface area contributed by atoms with Crippen molar-refractivity contribution in [1.29, 1.82) is 0 Å². The zero-order valence-corrected chi connectivity index (χ0v) is 8.27. The Hall–Kier alpha value is -1.82. The van der Waals surface area contributed by atoms with Crippen LogP contribution >= 0.6 is 0 Å². The Kier molecular flexibility index (Phi) is 3.87. The zero-order chi connectivity index (χ0) is 11.3. The molecular weight excluding hydrogens is 200 g/mol. The maximum absolute atomic E-state index is 10.6. The number of nitrogens with one attached hydrogen (secondary N) is 1. The summed E-state index contributed by atoms with van der Waals surface area (Å²) in [6.07, 6.45) is 0. The molecule has 6 heteroatoms. The summed E-state index contributed by atoms with van der Waals surface area (Å²) in [5.74, 6) is 0.407. The topological polar surface area (TPSA) is 84.6 Å². The van der Waals surface area contributed by atoms with Gasteiger partial charge in [0.25, 0.3) is 5.69 Å². The van der Waals surface area contributed by atoms with E-state index in [1.165, 1.54) is 19.2 Å². The van der Waals surface area contributed by atoms with Gasteiger partial charge in [-0.25, -0.2) is 0 Å². The largest absolute Gasteiger partial charge is 0.496 e. The van der Waals surface area contributed by atoms with Gasteiger partial charge in [-0.3, -0.25) is 10.1 Å². The standard InChI is InChI=1S/C9H12N2O4/c1-15-9-5-7(10-2-3-12)4-8(6-9)11(13)14/h4-6,10,12H,2-3H2,1H3. The number of benzene rings is 1. The van der Waals surface area contributed by atoms with Crippen LogP contribution in [-0.4, -0.2) is 30.3 Å². The quantitative estimate of drug-likeness (QED) is 0.562. The normalized spacial score (nSPS) is 9.73. The average Bonchev–Trinajstić information content (AvgIpc) is 2.25. The summed E-state index contributed by atoms with van der Waals surface area (Å²) in [7, 11) is 1.44. The van der Waals surface area contributed by atoms with Crippen LogP contribution in [0.25, 0.3) is 0 Å². The van der Waals surface area contributed by atoms with Crippen LogP contribution in [0.5, 0.6) is 5.75 Å². The predicted molar refractivity (Wildman–Crippen MR) is 55.2 cm³/mol. The molecule has 0 fully saturated rings. The van der Waals surface area contributed by atoms with Crippen LogP contribution < -0.4 is 10.1 Å². The minimum absolute atomic E-state index is 0.0367. The fourth-order valence-corrected chi connectivity index (χ4v) is 1.11. The number of hydrogen-bond donors (Lipinski definition) is 2. The van der Waals surface area contributed by atoms with Crippen molar-refractivity contribution in [3.63, 3.8) is 0 Å². The van der Waals surface area contributed by atoms with Gasteiger partial charge < -0.3 is 15.2 Å². The smallest absolute Gasteiger partial charge is 0.275 e. The van der Waals surface area contributed by atoms with E-state index in [1.807, 2.05) is 0 Å². The molecule has 0 amide bonds. The molecule has 1 aromatic rings. The first-order chi connectivity index (χ1) is 7.17. The van der Waals surface area contributed by atoms with E-state index >= 15 is 0 Å². The first-order valence-corrected chi connectivity index (χ1v) is 4.35. The van der Waals surface area contributed by atoms with Crippen molar-refractivity contribution in [2.75, 3.05) is 25.6 Å². The van der Waals surface area contributed by atoms with E-state index in [2.05, 4.69) is 5.32 Å². The Labute approximate surface area is 86.6 Å². The number of hydrogen-bond acceptors (Lipinski definition) is 5. The van der Waals surface area contributed by atoms with Gasteiger partial charge in [0.05, 0.1) is 24.7 Å². The monoisotopic (exact) mass is 212 g/mol. The maximum atomic E-state index is 10.6. The molecule has 0 aliphatic carbocycles. The zero-order valence-electron chi connectivity index (χ0n) is 8.27. The Balaban J connectivity index is 2.95. The lowest BCUT2D eigenvalue weighted by atomic mass is 10.2. The third kappa shape index (κ3) is 3.10. The van der Waals surface area contributed by atoms with E-state index in [9.17, 15) is 10.1 Å². The molecule has 0 spiro atoms. The van der Waals surface area contributed by atoms with Gasteiger partial charge >= 0.3 is 0 Å². The van der Waals surface area contributed by atoms with E-state index < -0.39 is 4.92 Å². The first kappa shape index (κ1) is 11.3. The number of anilines is 1. The molecule has 0 saturated carbocycles. The molecule has 1 aromatic carbocycles. The summed E-state index contributed by atoms with van der Waals surface area (Å²) in [5, 5.41) is 22.0. The number of nitro groups is 1. The van der Waals surface area contributed by atoms with E-state index in [-0.39, 0.29) is 12.3 Å². The van der Waals surface area contributed by atoms with E-state index in [0.717, 1.165) is 0 Å². The van der Waals surface area contributed by atoms with Crippen molar-refractivity contribution in [1.82, 2.24) is 0 Å². The van der Waals surface area contributed by atoms with Crippen LogP contribution in [0.2, 0.25) is 0 Å². The molecule has 0 bridgehead atoms. The second kappa shape index (κ2) is 5.16. The van der Waals surface area contributed by atoms with Gasteiger partial charge in [-0.1, -0.05) is 0 Å². The van der Waals surface area contributed by atoms with Crippen LogP contribution in [0.15, 0.2) is 18.2 Å². The summed E-state index contributed by atoms with van der Waals surface area (Å²) in [5.41, 5.74) is 0.505. The van der Waals surface area contributed by atoms with Crippen molar-refractivity contribution in [3.05, 3.63) is 28.3 Å². The Morgan fingerprint density at radius 1 is 1.53 bits per heavy atom. The van der Waals surface area contributed by atoms with Crippen molar-refractivity contribution < 1.29 is 14.8 Å². The van der Waals surface area contributed by atoms with Crippen molar-refractivity contribution >= 4 is 11.4 Å². The highest BCUT2D eigenvalue weighted by atomic mass is 16.6. The second-order valence-electron chi connectivity index (χ2n) is 2.83. The Morgan fingerprint density at radius 3 is 2.80 bits per heavy atom. The summed E-state index contributed by atoms with van der Waals surface area (Å²) >= 11 is 0. The lowest BCUT2D eigenvalue weighted by Crippen LogP contribution is -2.05. The fourth-order valence-electron chi connectivity index (χ4n) is 1.11. The minimum Gasteiger partial charge on any atom is -0.496 e. The molecule has 1 rings (SSSR count). The number of nitrogens with zero attached hydrogens (tertiary/aromatic N) is 1. The number of nitro benzene ring substituents is 1. The van der Waals surface area contributed by atoms with E-state index in [0.29, 0.717) is 18.0 Å². The summed E-state index contributed by atoms with van der Waals surface area (Å²) in [6, 6.07) is 4.35. The highest BCUT2D eigenvalue weighted by molar-refractivity contribution is 5.56. The van der Waals surface area contributed by atoms with Gasteiger partial charge in [0.15, 0.2) is 0 Å². The Morgan fingerprint density at radius 2 is 2.27 bits per heavy atom. The molecule has 6 nitrogen and oxygen atoms in total. The molecular formula is C9H12N2O4. The molecule has 0 unspecified atom stereocenters. The summed E-state index contributed by atoms with van der Waals surface area (Å²) < 4.78 is 4.92. The molecule has 0 aliphatic rings. The van der Waals surface area contributed by atoms with Crippen molar-refractivity contribution in [2.45, 2.75) is 0 Å².